The zero-order valence-electron chi connectivity index (χ0n) is 10.2. The number of carbonyl (C=O) groups is 1. The molecule has 1 heterocycles. The summed E-state index contributed by atoms with van der Waals surface area (Å²) in [4.78, 5) is 16.1. The summed E-state index contributed by atoms with van der Waals surface area (Å²) in [6, 6.07) is 5.35. The molecule has 0 spiro atoms. The summed E-state index contributed by atoms with van der Waals surface area (Å²) in [6.45, 7) is 2.10. The van der Waals surface area contributed by atoms with Gasteiger partial charge in [-0.3, -0.25) is 4.98 Å². The van der Waals surface area contributed by atoms with Crippen LogP contribution < -0.4 is 5.32 Å². The predicted molar refractivity (Wildman–Crippen MR) is 72.3 cm³/mol. The number of pyridine rings is 1. The molecule has 1 aromatic heterocycles. The van der Waals surface area contributed by atoms with Crippen LogP contribution in [0, 0.1) is 0 Å². The Hall–Kier alpha value is -1.81. The summed E-state index contributed by atoms with van der Waals surface area (Å²) < 4.78 is 5.00. The van der Waals surface area contributed by atoms with E-state index >= 15 is 0 Å². The molecule has 0 atom stereocenters. The van der Waals surface area contributed by atoms with Crippen molar-refractivity contribution in [2.24, 2.45) is 0 Å². The maximum Gasteiger partial charge on any atom is 0.341 e. The molecule has 4 nitrogen and oxygen atoms in total. The number of benzene rings is 1. The summed E-state index contributed by atoms with van der Waals surface area (Å²) >= 11 is 5.97. The lowest BCUT2D eigenvalue weighted by Gasteiger charge is -2.11. The lowest BCUT2D eigenvalue weighted by Crippen LogP contribution is -2.09. The molecule has 0 unspecified atom stereocenters. The maximum atomic E-state index is 11.8. The Kier molecular flexibility index (Phi) is 3.67. The van der Waals surface area contributed by atoms with Crippen LogP contribution in [0.1, 0.15) is 17.3 Å². The molecule has 1 N–H and O–H groups in total. The molecule has 94 valence electrons. The van der Waals surface area contributed by atoms with Crippen LogP contribution in [-0.2, 0) is 4.74 Å². The number of aromatic nitrogens is 1. The summed E-state index contributed by atoms with van der Waals surface area (Å²) in [6.07, 6.45) is 1.51. The third-order valence-electron chi connectivity index (χ3n) is 2.58. The molecule has 2 aromatic rings. The van der Waals surface area contributed by atoms with Gasteiger partial charge in [-0.15, -0.1) is 0 Å². The van der Waals surface area contributed by atoms with Gasteiger partial charge in [-0.2, -0.15) is 0 Å². The molecule has 0 saturated carbocycles. The summed E-state index contributed by atoms with van der Waals surface area (Å²) in [5.41, 5.74) is 1.87. The van der Waals surface area contributed by atoms with Crippen LogP contribution in [-0.4, -0.2) is 24.6 Å². The van der Waals surface area contributed by atoms with E-state index in [1.54, 1.807) is 26.1 Å². The largest absolute Gasteiger partial charge is 0.462 e. The highest BCUT2D eigenvalue weighted by molar-refractivity contribution is 6.31. The Morgan fingerprint density at radius 2 is 2.28 bits per heavy atom. The second-order valence-electron chi connectivity index (χ2n) is 3.68. The normalized spacial score (nSPS) is 10.4. The Morgan fingerprint density at radius 3 is 2.94 bits per heavy atom. The fourth-order valence-electron chi connectivity index (χ4n) is 1.80. The minimum Gasteiger partial charge on any atom is -0.462 e. The van der Waals surface area contributed by atoms with Crippen molar-refractivity contribution in [3.8, 4) is 0 Å². The number of nitrogens with zero attached hydrogens (tertiary/aromatic N) is 1. The van der Waals surface area contributed by atoms with Crippen LogP contribution in [0.2, 0.25) is 5.02 Å². The van der Waals surface area contributed by atoms with Gasteiger partial charge < -0.3 is 10.1 Å². The van der Waals surface area contributed by atoms with Gasteiger partial charge in [-0.05, 0) is 25.1 Å². The van der Waals surface area contributed by atoms with E-state index in [2.05, 4.69) is 10.3 Å². The molecular formula is C13H13ClN2O2. The molecule has 0 aliphatic rings. The van der Waals surface area contributed by atoms with E-state index in [-0.39, 0.29) is 0 Å². The van der Waals surface area contributed by atoms with E-state index in [9.17, 15) is 4.79 Å². The van der Waals surface area contributed by atoms with Crippen molar-refractivity contribution in [3.05, 3.63) is 35.0 Å². The Morgan fingerprint density at radius 1 is 1.50 bits per heavy atom. The van der Waals surface area contributed by atoms with Crippen LogP contribution in [0.4, 0.5) is 5.69 Å². The van der Waals surface area contributed by atoms with Crippen molar-refractivity contribution in [1.82, 2.24) is 4.98 Å². The van der Waals surface area contributed by atoms with E-state index in [1.807, 2.05) is 6.07 Å². The van der Waals surface area contributed by atoms with Crippen molar-refractivity contribution < 1.29 is 9.53 Å². The standard InChI is InChI=1S/C13H13ClN2O2/c1-3-18-13(17)10-7-16-11-5-4-8(14)6-9(11)12(10)15-2/h4-7H,3H2,1-2H3,(H,15,16). The van der Waals surface area contributed by atoms with Crippen molar-refractivity contribution in [1.29, 1.82) is 0 Å². The summed E-state index contributed by atoms with van der Waals surface area (Å²) in [5.74, 6) is -0.392. The lowest BCUT2D eigenvalue weighted by atomic mass is 10.1. The van der Waals surface area contributed by atoms with Gasteiger partial charge >= 0.3 is 5.97 Å². The zero-order valence-corrected chi connectivity index (χ0v) is 10.9. The number of rotatable bonds is 3. The molecule has 2 rings (SSSR count). The Bertz CT molecular complexity index is 599. The summed E-state index contributed by atoms with van der Waals surface area (Å²) in [5, 5.41) is 4.41. The predicted octanol–water partition coefficient (Wildman–Crippen LogP) is 3.11. The first kappa shape index (κ1) is 12.6. The highest BCUT2D eigenvalue weighted by Gasteiger charge is 2.15. The van der Waals surface area contributed by atoms with Crippen LogP contribution in [0.3, 0.4) is 0 Å². The average molecular weight is 265 g/mol. The molecule has 1 aromatic carbocycles. The fourth-order valence-corrected chi connectivity index (χ4v) is 1.97. The van der Waals surface area contributed by atoms with Crippen molar-refractivity contribution in [2.75, 3.05) is 19.0 Å². The molecule has 18 heavy (non-hydrogen) atoms. The molecule has 0 aliphatic carbocycles. The van der Waals surface area contributed by atoms with Crippen molar-refractivity contribution in [2.45, 2.75) is 6.92 Å². The van der Waals surface area contributed by atoms with Gasteiger partial charge in [0.25, 0.3) is 0 Å². The molecule has 0 aliphatic heterocycles. The maximum absolute atomic E-state index is 11.8. The molecule has 5 heteroatoms. The number of nitrogens with one attached hydrogen (secondary N) is 1. The Balaban J connectivity index is 2.65. The minimum atomic E-state index is -0.392. The number of esters is 1. The number of hydrogen-bond donors (Lipinski definition) is 1. The number of hydrogen-bond acceptors (Lipinski definition) is 4. The van der Waals surface area contributed by atoms with E-state index in [1.165, 1.54) is 6.20 Å². The molecule has 0 saturated heterocycles. The number of anilines is 1. The molecule has 0 radical (unpaired) electrons. The summed E-state index contributed by atoms with van der Waals surface area (Å²) in [7, 11) is 1.75. The molecular weight excluding hydrogens is 252 g/mol. The van der Waals surface area contributed by atoms with Crippen LogP contribution in [0.25, 0.3) is 10.9 Å². The van der Waals surface area contributed by atoms with Crippen LogP contribution in [0.5, 0.6) is 0 Å². The number of fused-ring (bicyclic) bond motifs is 1. The first-order valence-electron chi connectivity index (χ1n) is 5.60. The number of ether oxygens (including phenoxy) is 1. The van der Waals surface area contributed by atoms with Gasteiger partial charge in [0, 0.05) is 23.7 Å². The average Bonchev–Trinajstić information content (AvgIpc) is 2.37. The van der Waals surface area contributed by atoms with E-state index < -0.39 is 5.97 Å². The van der Waals surface area contributed by atoms with Crippen molar-refractivity contribution in [3.63, 3.8) is 0 Å². The van der Waals surface area contributed by atoms with Gasteiger partial charge in [0.2, 0.25) is 0 Å². The highest BCUT2D eigenvalue weighted by atomic mass is 35.5. The van der Waals surface area contributed by atoms with Crippen LogP contribution >= 0.6 is 11.6 Å². The first-order chi connectivity index (χ1) is 8.67. The monoisotopic (exact) mass is 264 g/mol. The number of halogens is 1. The SMILES string of the molecule is CCOC(=O)c1cnc2ccc(Cl)cc2c1NC. The van der Waals surface area contributed by atoms with Crippen LogP contribution in [0.15, 0.2) is 24.4 Å². The molecule has 0 bridgehead atoms. The van der Waals surface area contributed by atoms with Gasteiger partial charge in [-0.25, -0.2) is 4.79 Å². The molecule has 0 amide bonds. The van der Waals surface area contributed by atoms with Crippen molar-refractivity contribution >= 4 is 34.2 Å². The topological polar surface area (TPSA) is 51.2 Å². The zero-order chi connectivity index (χ0) is 13.1. The number of carbonyl (C=O) groups excluding carboxylic acids is 1. The van der Waals surface area contributed by atoms with Gasteiger partial charge in [0.15, 0.2) is 0 Å². The van der Waals surface area contributed by atoms with Gasteiger partial charge in [-0.1, -0.05) is 11.6 Å². The highest BCUT2D eigenvalue weighted by Crippen LogP contribution is 2.28. The Labute approximate surface area is 110 Å². The van der Waals surface area contributed by atoms with E-state index in [4.69, 9.17) is 16.3 Å². The van der Waals surface area contributed by atoms with Gasteiger partial charge in [0.05, 0.1) is 17.8 Å². The molecule has 0 fully saturated rings. The van der Waals surface area contributed by atoms with E-state index in [0.717, 1.165) is 10.9 Å². The lowest BCUT2D eigenvalue weighted by molar-refractivity contribution is 0.0527. The third kappa shape index (κ3) is 2.24. The second kappa shape index (κ2) is 5.23. The quantitative estimate of drug-likeness (QED) is 0.866. The van der Waals surface area contributed by atoms with Gasteiger partial charge in [0.1, 0.15) is 5.56 Å². The third-order valence-corrected chi connectivity index (χ3v) is 2.81. The first-order valence-corrected chi connectivity index (χ1v) is 5.98. The second-order valence-corrected chi connectivity index (χ2v) is 4.12. The minimum absolute atomic E-state index is 0.329. The van der Waals surface area contributed by atoms with E-state index in [0.29, 0.717) is 22.9 Å². The smallest absolute Gasteiger partial charge is 0.341 e. The fraction of sp³-hybridized carbons (Fsp3) is 0.231.